The van der Waals surface area contributed by atoms with Gasteiger partial charge in [-0.3, -0.25) is 24.0 Å². The zero-order valence-electron chi connectivity index (χ0n) is 30.5. The van der Waals surface area contributed by atoms with Crippen molar-refractivity contribution in [3.05, 3.63) is 34.9 Å². The van der Waals surface area contributed by atoms with Crippen LogP contribution in [0.15, 0.2) is 18.2 Å². The Morgan fingerprint density at radius 1 is 0.717 bits per heavy atom. The standard InChI is InChI=1S/C36H50F6N2O9/c1-5-6-7-8-9-10-11-12-13-17-28(46)43-26(19-21-30(49)53-34(2,3)4)32(50)44-25(18-20-29(47)48)27(45)22-52-33(51)31-23(35(37,38)39)15-14-16-24(31)36(40,41)42/h14-16,25-26H,5-13,17-22H2,1-4H3,(H,43,46)(H,44,50)(H,47,48)/t25-,26-/m0/s1. The predicted octanol–water partition coefficient (Wildman–Crippen LogP) is 7.33. The Balaban J connectivity index is 3.11. The number of unbranched alkanes of at least 4 members (excludes halogenated alkanes) is 8. The van der Waals surface area contributed by atoms with Gasteiger partial charge in [-0.1, -0.05) is 64.4 Å². The maximum absolute atomic E-state index is 13.5. The first-order valence-corrected chi connectivity index (χ1v) is 17.6. The molecule has 2 amide bonds. The molecular weight excluding hydrogens is 718 g/mol. The van der Waals surface area contributed by atoms with Gasteiger partial charge >= 0.3 is 30.3 Å². The number of hydrogen-bond acceptors (Lipinski definition) is 8. The molecule has 11 nitrogen and oxygen atoms in total. The highest BCUT2D eigenvalue weighted by atomic mass is 19.4. The lowest BCUT2D eigenvalue weighted by molar-refractivity contribution is -0.155. The Labute approximate surface area is 304 Å². The maximum Gasteiger partial charge on any atom is 0.417 e. The number of benzene rings is 1. The number of esters is 2. The van der Waals surface area contributed by atoms with Crippen molar-refractivity contribution in [1.29, 1.82) is 0 Å². The lowest BCUT2D eigenvalue weighted by atomic mass is 10.00. The van der Waals surface area contributed by atoms with Crippen LogP contribution in [-0.2, 0) is 45.8 Å². The van der Waals surface area contributed by atoms with Gasteiger partial charge in [0.05, 0.1) is 22.7 Å². The third kappa shape index (κ3) is 18.9. The number of ketones is 1. The Morgan fingerprint density at radius 2 is 1.23 bits per heavy atom. The summed E-state index contributed by atoms with van der Waals surface area (Å²) in [6, 6.07) is -2.32. The van der Waals surface area contributed by atoms with E-state index < -0.39 is 102 Å². The van der Waals surface area contributed by atoms with Crippen LogP contribution in [-0.4, -0.2) is 64.9 Å². The topological polar surface area (TPSA) is 165 Å². The molecule has 0 aliphatic heterocycles. The molecule has 0 aliphatic rings. The van der Waals surface area contributed by atoms with E-state index in [1.165, 1.54) is 12.8 Å². The van der Waals surface area contributed by atoms with Crippen molar-refractivity contribution in [3.63, 3.8) is 0 Å². The molecule has 0 aromatic heterocycles. The van der Waals surface area contributed by atoms with Gasteiger partial charge in [-0.15, -0.1) is 0 Å². The van der Waals surface area contributed by atoms with Crippen molar-refractivity contribution in [3.8, 4) is 0 Å². The van der Waals surface area contributed by atoms with E-state index in [1.807, 2.05) is 0 Å². The highest BCUT2D eigenvalue weighted by molar-refractivity contribution is 5.97. The number of ether oxygens (including phenoxy) is 2. The largest absolute Gasteiger partial charge is 0.481 e. The van der Waals surface area contributed by atoms with Crippen LogP contribution >= 0.6 is 0 Å². The van der Waals surface area contributed by atoms with E-state index in [0.29, 0.717) is 12.5 Å². The molecule has 300 valence electrons. The summed E-state index contributed by atoms with van der Waals surface area (Å²) in [5.41, 5.74) is -6.69. The molecular formula is C36H50F6N2O9. The molecule has 53 heavy (non-hydrogen) atoms. The fourth-order valence-electron chi connectivity index (χ4n) is 5.19. The van der Waals surface area contributed by atoms with Crippen LogP contribution in [0.25, 0.3) is 0 Å². The van der Waals surface area contributed by atoms with Crippen LogP contribution in [0.4, 0.5) is 26.3 Å². The lowest BCUT2D eigenvalue weighted by Crippen LogP contribution is -2.52. The minimum Gasteiger partial charge on any atom is -0.481 e. The van der Waals surface area contributed by atoms with Gasteiger partial charge in [0.1, 0.15) is 11.6 Å². The fourth-order valence-corrected chi connectivity index (χ4v) is 5.19. The van der Waals surface area contributed by atoms with Gasteiger partial charge in [-0.05, 0) is 52.2 Å². The molecule has 2 atom stereocenters. The number of carboxylic acid groups (broad SMARTS) is 1. The molecule has 0 spiro atoms. The normalized spacial score (nSPS) is 13.1. The van der Waals surface area contributed by atoms with E-state index >= 15 is 0 Å². The first-order valence-electron chi connectivity index (χ1n) is 17.6. The number of alkyl halides is 6. The molecule has 1 rings (SSSR count). The number of halogens is 6. The number of amides is 2. The van der Waals surface area contributed by atoms with Gasteiger partial charge in [-0.2, -0.15) is 26.3 Å². The molecule has 1 aromatic carbocycles. The molecule has 0 aliphatic carbocycles. The monoisotopic (exact) mass is 768 g/mol. The third-order valence-electron chi connectivity index (χ3n) is 7.79. The third-order valence-corrected chi connectivity index (χ3v) is 7.79. The van der Waals surface area contributed by atoms with Crippen LogP contribution in [0.3, 0.4) is 0 Å². The Morgan fingerprint density at radius 3 is 1.72 bits per heavy atom. The zero-order chi connectivity index (χ0) is 40.4. The number of Topliss-reactive ketones (excluding diaryl/α,β-unsaturated/α-hetero) is 1. The summed E-state index contributed by atoms with van der Waals surface area (Å²) in [4.78, 5) is 75.6. The van der Waals surface area contributed by atoms with Gasteiger partial charge < -0.3 is 25.2 Å². The first-order chi connectivity index (χ1) is 24.6. The number of carboxylic acids is 1. The highest BCUT2D eigenvalue weighted by Gasteiger charge is 2.43. The van der Waals surface area contributed by atoms with Crippen molar-refractivity contribution >= 4 is 35.5 Å². The second kappa shape index (κ2) is 22.1. The van der Waals surface area contributed by atoms with E-state index in [2.05, 4.69) is 22.3 Å². The molecule has 0 unspecified atom stereocenters. The number of nitrogens with one attached hydrogen (secondary N) is 2. The quantitative estimate of drug-likeness (QED) is 0.0588. The van der Waals surface area contributed by atoms with E-state index in [1.54, 1.807) is 20.8 Å². The van der Waals surface area contributed by atoms with Crippen LogP contribution in [0, 0.1) is 0 Å². The molecule has 17 heteroatoms. The zero-order valence-corrected chi connectivity index (χ0v) is 30.5. The van der Waals surface area contributed by atoms with E-state index in [-0.39, 0.29) is 31.4 Å². The average molecular weight is 769 g/mol. The fraction of sp³-hybridized carbons (Fsp3) is 0.667. The summed E-state index contributed by atoms with van der Waals surface area (Å²) in [5.74, 6) is -7.15. The molecule has 0 saturated carbocycles. The van der Waals surface area contributed by atoms with Gasteiger partial charge in [0.25, 0.3) is 0 Å². The molecule has 0 saturated heterocycles. The number of rotatable bonds is 23. The van der Waals surface area contributed by atoms with E-state index in [9.17, 15) is 60.2 Å². The van der Waals surface area contributed by atoms with Gasteiger partial charge in [-0.25, -0.2) is 4.79 Å². The molecule has 0 radical (unpaired) electrons. The number of hydrogen-bond donors (Lipinski definition) is 3. The molecule has 0 heterocycles. The van der Waals surface area contributed by atoms with Crippen molar-refractivity contribution < 1.29 is 69.7 Å². The van der Waals surface area contributed by atoms with Crippen LogP contribution < -0.4 is 10.6 Å². The average Bonchev–Trinajstić information content (AvgIpc) is 3.04. The summed E-state index contributed by atoms with van der Waals surface area (Å²) in [6.45, 7) is 5.51. The number of aliphatic carboxylic acids is 1. The molecule has 1 aromatic rings. The summed E-state index contributed by atoms with van der Waals surface area (Å²) >= 11 is 0. The van der Waals surface area contributed by atoms with Crippen LogP contribution in [0.2, 0.25) is 0 Å². The summed E-state index contributed by atoms with van der Waals surface area (Å²) in [6.07, 6.45) is -3.99. The summed E-state index contributed by atoms with van der Waals surface area (Å²) in [5, 5.41) is 13.9. The molecule has 0 fully saturated rings. The van der Waals surface area contributed by atoms with Gasteiger partial charge in [0.2, 0.25) is 11.8 Å². The SMILES string of the molecule is CCCCCCCCCCCC(=O)N[C@@H](CCC(=O)OC(C)(C)C)C(=O)N[C@@H](CCC(=O)O)C(=O)COC(=O)c1c(C(F)(F)F)cccc1C(F)(F)F. The second-order valence-corrected chi connectivity index (χ2v) is 13.6. The Bertz CT molecular complexity index is 1360. The highest BCUT2D eigenvalue weighted by Crippen LogP contribution is 2.39. The van der Waals surface area contributed by atoms with Crippen LogP contribution in [0.5, 0.6) is 0 Å². The lowest BCUT2D eigenvalue weighted by Gasteiger charge is -2.24. The predicted molar refractivity (Wildman–Crippen MR) is 179 cm³/mol. The Kier molecular flexibility index (Phi) is 19.6. The molecule has 3 N–H and O–H groups in total. The van der Waals surface area contributed by atoms with Crippen molar-refractivity contribution in [2.45, 2.75) is 148 Å². The van der Waals surface area contributed by atoms with Crippen molar-refractivity contribution in [1.82, 2.24) is 10.6 Å². The number of carbonyl (C=O) groups is 6. The maximum atomic E-state index is 13.5. The smallest absolute Gasteiger partial charge is 0.417 e. The minimum absolute atomic E-state index is 0.0304. The minimum atomic E-state index is -5.41. The van der Waals surface area contributed by atoms with E-state index in [4.69, 9.17) is 4.74 Å². The summed E-state index contributed by atoms with van der Waals surface area (Å²) < 4.78 is 91.1. The van der Waals surface area contributed by atoms with Crippen molar-refractivity contribution in [2.24, 2.45) is 0 Å². The second-order valence-electron chi connectivity index (χ2n) is 13.6. The van der Waals surface area contributed by atoms with Crippen LogP contribution in [0.1, 0.15) is 139 Å². The van der Waals surface area contributed by atoms with E-state index in [0.717, 1.165) is 38.5 Å². The summed E-state index contributed by atoms with van der Waals surface area (Å²) in [7, 11) is 0. The number of carbonyl (C=O) groups excluding carboxylic acids is 5. The Hall–Kier alpha value is -4.18. The van der Waals surface area contributed by atoms with Crippen molar-refractivity contribution in [2.75, 3.05) is 6.61 Å². The van der Waals surface area contributed by atoms with Gasteiger partial charge in [0, 0.05) is 19.3 Å². The molecule has 0 bridgehead atoms. The first kappa shape index (κ1) is 46.8. The van der Waals surface area contributed by atoms with Gasteiger partial charge in [0.15, 0.2) is 12.4 Å².